The van der Waals surface area contributed by atoms with Crippen molar-refractivity contribution in [1.82, 2.24) is 0 Å². The van der Waals surface area contributed by atoms with E-state index in [-0.39, 0.29) is 12.1 Å². The first-order valence-corrected chi connectivity index (χ1v) is 7.07. The number of anilines is 1. The molecule has 7 heteroatoms. The third-order valence-electron chi connectivity index (χ3n) is 3.50. The molecule has 0 saturated heterocycles. The average Bonchev–Trinajstić information content (AvgIpc) is 2.50. The smallest absolute Gasteiger partial charge is 0.251 e. The third kappa shape index (κ3) is 3.94. The molecule has 0 fully saturated rings. The van der Waals surface area contributed by atoms with Crippen molar-refractivity contribution in [2.45, 2.75) is 18.9 Å². The molecule has 1 atom stereocenters. The van der Waals surface area contributed by atoms with Crippen molar-refractivity contribution in [2.24, 2.45) is 5.73 Å². The highest BCUT2D eigenvalue weighted by Crippen LogP contribution is 2.26. The summed E-state index contributed by atoms with van der Waals surface area (Å²) in [5, 5.41) is 12.6. The molecular formula is C17H16F2N2O3. The lowest BCUT2D eigenvalue weighted by molar-refractivity contribution is -0.120. The van der Waals surface area contributed by atoms with E-state index in [2.05, 4.69) is 5.32 Å². The van der Waals surface area contributed by atoms with Crippen LogP contribution in [0, 0.1) is 11.6 Å². The Hall–Kier alpha value is -2.80. The molecule has 2 amide bonds. The quantitative estimate of drug-likeness (QED) is 0.783. The summed E-state index contributed by atoms with van der Waals surface area (Å²) < 4.78 is 27.2. The van der Waals surface area contributed by atoms with Crippen LogP contribution in [-0.2, 0) is 10.4 Å². The van der Waals surface area contributed by atoms with Crippen molar-refractivity contribution in [3.05, 3.63) is 65.2 Å². The predicted molar refractivity (Wildman–Crippen MR) is 84.1 cm³/mol. The van der Waals surface area contributed by atoms with Gasteiger partial charge in [0, 0.05) is 6.07 Å². The number of primary amides is 1. The lowest BCUT2D eigenvalue weighted by atomic mass is 9.92. The summed E-state index contributed by atoms with van der Waals surface area (Å²) in [6.45, 7) is 1.44. The maximum Gasteiger partial charge on any atom is 0.251 e. The van der Waals surface area contributed by atoms with Crippen LogP contribution in [0.4, 0.5) is 14.5 Å². The molecule has 0 bridgehead atoms. The van der Waals surface area contributed by atoms with Gasteiger partial charge < -0.3 is 16.2 Å². The largest absolute Gasteiger partial charge is 0.385 e. The van der Waals surface area contributed by atoms with Crippen LogP contribution in [0.1, 0.15) is 29.3 Å². The molecule has 0 heterocycles. The summed E-state index contributed by atoms with van der Waals surface area (Å²) in [6, 6.07) is 9.76. The molecule has 126 valence electrons. The molecule has 0 aliphatic rings. The number of amides is 2. The van der Waals surface area contributed by atoms with Gasteiger partial charge in [-0.15, -0.1) is 0 Å². The molecule has 2 aromatic rings. The van der Waals surface area contributed by atoms with E-state index < -0.39 is 34.6 Å². The van der Waals surface area contributed by atoms with Crippen molar-refractivity contribution < 1.29 is 23.5 Å². The predicted octanol–water partition coefficient (Wildman–Crippen LogP) is 2.30. The number of rotatable bonds is 5. The summed E-state index contributed by atoms with van der Waals surface area (Å²) in [5.74, 6) is -3.96. The molecule has 0 aromatic heterocycles. The first-order chi connectivity index (χ1) is 11.2. The number of nitrogens with one attached hydrogen (secondary N) is 1. The molecular weight excluding hydrogens is 318 g/mol. The van der Waals surface area contributed by atoms with E-state index >= 15 is 0 Å². The van der Waals surface area contributed by atoms with Gasteiger partial charge in [-0.1, -0.05) is 30.3 Å². The zero-order valence-corrected chi connectivity index (χ0v) is 12.8. The number of hydrogen-bond acceptors (Lipinski definition) is 3. The van der Waals surface area contributed by atoms with Crippen LogP contribution in [0.15, 0.2) is 42.5 Å². The van der Waals surface area contributed by atoms with Gasteiger partial charge in [-0.25, -0.2) is 8.78 Å². The van der Waals surface area contributed by atoms with Crippen LogP contribution >= 0.6 is 0 Å². The van der Waals surface area contributed by atoms with E-state index in [1.165, 1.54) is 6.92 Å². The summed E-state index contributed by atoms with van der Waals surface area (Å²) in [5.41, 5.74) is 3.09. The van der Waals surface area contributed by atoms with E-state index in [0.29, 0.717) is 11.6 Å². The van der Waals surface area contributed by atoms with Crippen molar-refractivity contribution in [2.75, 3.05) is 5.32 Å². The maximum absolute atomic E-state index is 13.7. The van der Waals surface area contributed by atoms with Gasteiger partial charge in [0.2, 0.25) is 5.91 Å². The molecule has 0 radical (unpaired) electrons. The Kier molecular flexibility index (Phi) is 4.94. The first-order valence-electron chi connectivity index (χ1n) is 7.07. The number of carbonyl (C=O) groups is 2. The number of halogens is 2. The van der Waals surface area contributed by atoms with Gasteiger partial charge in [0.05, 0.1) is 23.3 Å². The lowest BCUT2D eigenvalue weighted by Gasteiger charge is -2.23. The molecule has 0 saturated carbocycles. The van der Waals surface area contributed by atoms with E-state index in [1.807, 2.05) is 0 Å². The topological polar surface area (TPSA) is 92.4 Å². The van der Waals surface area contributed by atoms with Crippen molar-refractivity contribution in [3.63, 3.8) is 0 Å². The van der Waals surface area contributed by atoms with Crippen molar-refractivity contribution >= 4 is 17.5 Å². The van der Waals surface area contributed by atoms with Gasteiger partial charge in [0.15, 0.2) is 0 Å². The summed E-state index contributed by atoms with van der Waals surface area (Å²) in [4.78, 5) is 23.2. The van der Waals surface area contributed by atoms with Gasteiger partial charge in [-0.3, -0.25) is 9.59 Å². The molecule has 4 N–H and O–H groups in total. The fourth-order valence-electron chi connectivity index (χ4n) is 2.24. The summed E-state index contributed by atoms with van der Waals surface area (Å²) >= 11 is 0. The molecule has 0 spiro atoms. The second-order valence-electron chi connectivity index (χ2n) is 5.54. The minimum Gasteiger partial charge on any atom is -0.385 e. The molecule has 1 unspecified atom stereocenters. The number of nitrogens with two attached hydrogens (primary N) is 1. The fraction of sp³-hybridized carbons (Fsp3) is 0.176. The molecule has 24 heavy (non-hydrogen) atoms. The van der Waals surface area contributed by atoms with Crippen LogP contribution in [0.5, 0.6) is 0 Å². The monoisotopic (exact) mass is 334 g/mol. The second kappa shape index (κ2) is 6.76. The minimum atomic E-state index is -1.48. The molecule has 2 rings (SSSR count). The molecule has 5 nitrogen and oxygen atoms in total. The van der Waals surface area contributed by atoms with Gasteiger partial charge in [-0.05, 0) is 18.6 Å². The van der Waals surface area contributed by atoms with Crippen LogP contribution in [0.25, 0.3) is 0 Å². The van der Waals surface area contributed by atoms with E-state index in [1.54, 1.807) is 30.3 Å². The van der Waals surface area contributed by atoms with E-state index in [4.69, 9.17) is 5.73 Å². The zero-order chi connectivity index (χ0) is 17.9. The number of hydrogen-bond donors (Lipinski definition) is 3. The average molecular weight is 334 g/mol. The summed E-state index contributed by atoms with van der Waals surface area (Å²) in [6.07, 6.45) is -0.361. The van der Waals surface area contributed by atoms with Crippen molar-refractivity contribution in [1.29, 1.82) is 0 Å². The van der Waals surface area contributed by atoms with Gasteiger partial charge in [0.1, 0.15) is 11.6 Å². The Balaban J connectivity index is 2.18. The zero-order valence-electron chi connectivity index (χ0n) is 12.8. The number of carbonyl (C=O) groups excluding carboxylic acids is 2. The lowest BCUT2D eigenvalue weighted by Crippen LogP contribution is -2.28. The minimum absolute atomic E-state index is 0.361. The molecule has 0 aliphatic carbocycles. The number of aliphatic hydroxyl groups is 1. The first kappa shape index (κ1) is 17.6. The highest BCUT2D eigenvalue weighted by molar-refractivity contribution is 5.96. The van der Waals surface area contributed by atoms with E-state index in [0.717, 1.165) is 6.07 Å². The molecule has 2 aromatic carbocycles. The Morgan fingerprint density at radius 2 is 1.79 bits per heavy atom. The van der Waals surface area contributed by atoms with E-state index in [9.17, 15) is 23.5 Å². The van der Waals surface area contributed by atoms with Gasteiger partial charge >= 0.3 is 0 Å². The highest BCUT2D eigenvalue weighted by atomic mass is 19.1. The summed E-state index contributed by atoms with van der Waals surface area (Å²) in [7, 11) is 0. The van der Waals surface area contributed by atoms with Crippen molar-refractivity contribution in [3.8, 4) is 0 Å². The Morgan fingerprint density at radius 3 is 2.38 bits per heavy atom. The standard InChI is InChI=1S/C17H16F2N2O3/c1-17(24,10-5-3-2-4-6-10)9-15(22)21-14-7-11(16(20)23)12(18)8-13(14)19/h2-8,24H,9H2,1H3,(H2,20,23)(H,21,22). The third-order valence-corrected chi connectivity index (χ3v) is 3.50. The number of benzene rings is 2. The fourth-order valence-corrected chi connectivity index (χ4v) is 2.24. The van der Waals surface area contributed by atoms with Crippen LogP contribution in [0.3, 0.4) is 0 Å². The Morgan fingerprint density at radius 1 is 1.17 bits per heavy atom. The van der Waals surface area contributed by atoms with Crippen LogP contribution in [-0.4, -0.2) is 16.9 Å². The second-order valence-corrected chi connectivity index (χ2v) is 5.54. The van der Waals surface area contributed by atoms with Crippen LogP contribution in [0.2, 0.25) is 0 Å². The Labute approximate surface area is 137 Å². The maximum atomic E-state index is 13.7. The van der Waals surface area contributed by atoms with Crippen LogP contribution < -0.4 is 11.1 Å². The van der Waals surface area contributed by atoms with Gasteiger partial charge in [0.25, 0.3) is 5.91 Å². The normalized spacial score (nSPS) is 13.2. The van der Waals surface area contributed by atoms with Gasteiger partial charge in [-0.2, -0.15) is 0 Å². The molecule has 0 aliphatic heterocycles. The Bertz CT molecular complexity index is 777. The highest BCUT2D eigenvalue weighted by Gasteiger charge is 2.27. The SMILES string of the molecule is CC(O)(CC(=O)Nc1cc(C(N)=O)c(F)cc1F)c1ccccc1.